The summed E-state index contributed by atoms with van der Waals surface area (Å²) in [6.07, 6.45) is 0.483. The Morgan fingerprint density at radius 2 is 2.11 bits per heavy atom. The van der Waals surface area contributed by atoms with Crippen molar-refractivity contribution in [2.75, 3.05) is 6.54 Å². The average Bonchev–Trinajstić information content (AvgIpc) is 3.20. The summed E-state index contributed by atoms with van der Waals surface area (Å²) in [5.74, 6) is -1.87. The number of amides is 1. The number of ether oxygens (including phenoxy) is 1. The van der Waals surface area contributed by atoms with Gasteiger partial charge >= 0.3 is 0 Å². The number of halogens is 2. The Morgan fingerprint density at radius 3 is 2.82 bits per heavy atom. The first-order valence-corrected chi connectivity index (χ1v) is 8.45. The third-order valence-electron chi connectivity index (χ3n) is 3.83. The summed E-state index contributed by atoms with van der Waals surface area (Å²) in [5.41, 5.74) is 0.154. The van der Waals surface area contributed by atoms with E-state index in [1.807, 2.05) is 0 Å². The van der Waals surface area contributed by atoms with Gasteiger partial charge in [-0.05, 0) is 37.3 Å². The van der Waals surface area contributed by atoms with E-state index in [1.165, 1.54) is 23.9 Å². The van der Waals surface area contributed by atoms with Crippen molar-refractivity contribution in [3.63, 3.8) is 0 Å². The largest absolute Gasteiger partial charge is 0.478 e. The molecule has 7 nitrogen and oxygen atoms in total. The zero-order valence-corrected chi connectivity index (χ0v) is 14.9. The van der Waals surface area contributed by atoms with Crippen molar-refractivity contribution >= 4 is 5.91 Å². The lowest BCUT2D eigenvalue weighted by molar-refractivity contribution is -0.127. The Bertz CT molecular complexity index is 1020. The fraction of sp³-hybridized carbons (Fsp3) is 0.211. The van der Waals surface area contributed by atoms with E-state index in [-0.39, 0.29) is 24.4 Å². The van der Waals surface area contributed by atoms with Crippen LogP contribution in [0.1, 0.15) is 6.92 Å². The van der Waals surface area contributed by atoms with Crippen molar-refractivity contribution in [3.05, 3.63) is 70.7 Å². The van der Waals surface area contributed by atoms with Crippen molar-refractivity contribution in [2.24, 2.45) is 0 Å². The molecule has 0 bridgehead atoms. The molecule has 0 aliphatic rings. The highest BCUT2D eigenvalue weighted by atomic mass is 19.1. The smallest absolute Gasteiger partial charge is 0.266 e. The fourth-order valence-electron chi connectivity index (χ4n) is 2.41. The molecule has 1 atom stereocenters. The number of nitrogens with zero attached hydrogens (tertiary/aromatic N) is 2. The van der Waals surface area contributed by atoms with Crippen LogP contribution in [0, 0.1) is 11.6 Å². The molecule has 1 aromatic carbocycles. The molecule has 0 aliphatic heterocycles. The molecule has 1 amide bonds. The number of hydrogen-bond donors (Lipinski definition) is 1. The summed E-state index contributed by atoms with van der Waals surface area (Å²) < 4.78 is 38.2. The van der Waals surface area contributed by atoms with Crippen LogP contribution in [0.15, 0.2) is 57.9 Å². The van der Waals surface area contributed by atoms with E-state index < -0.39 is 23.6 Å². The van der Waals surface area contributed by atoms with Crippen LogP contribution in [0.25, 0.3) is 11.5 Å². The van der Waals surface area contributed by atoms with Crippen LogP contribution in [-0.2, 0) is 11.3 Å². The molecular weight excluding hydrogens is 372 g/mol. The monoisotopic (exact) mass is 389 g/mol. The van der Waals surface area contributed by atoms with Gasteiger partial charge in [0.1, 0.15) is 11.5 Å². The minimum atomic E-state index is -1.01. The second-order valence-corrected chi connectivity index (χ2v) is 5.88. The van der Waals surface area contributed by atoms with E-state index in [4.69, 9.17) is 9.15 Å². The maximum atomic E-state index is 13.6. The van der Waals surface area contributed by atoms with Crippen LogP contribution in [0.3, 0.4) is 0 Å². The van der Waals surface area contributed by atoms with Gasteiger partial charge in [0.15, 0.2) is 23.4 Å². The van der Waals surface area contributed by atoms with Gasteiger partial charge in [0, 0.05) is 18.7 Å². The van der Waals surface area contributed by atoms with Gasteiger partial charge in [-0.3, -0.25) is 9.59 Å². The lowest BCUT2D eigenvalue weighted by Crippen LogP contribution is -2.39. The zero-order valence-electron chi connectivity index (χ0n) is 14.9. The molecule has 2 aromatic heterocycles. The summed E-state index contributed by atoms with van der Waals surface area (Å²) in [6.45, 7) is 1.66. The lowest BCUT2D eigenvalue weighted by Gasteiger charge is -2.15. The minimum Gasteiger partial charge on any atom is -0.478 e. The predicted molar refractivity (Wildman–Crippen MR) is 95.7 cm³/mol. The highest BCUT2D eigenvalue weighted by Gasteiger charge is 2.17. The molecule has 0 fully saturated rings. The van der Waals surface area contributed by atoms with Crippen LogP contribution in [0.2, 0.25) is 0 Å². The topological polar surface area (TPSA) is 86.4 Å². The molecule has 2 heterocycles. The van der Waals surface area contributed by atoms with E-state index in [1.54, 1.807) is 18.2 Å². The third kappa shape index (κ3) is 4.61. The molecule has 0 aliphatic carbocycles. The van der Waals surface area contributed by atoms with Crippen LogP contribution in [-0.4, -0.2) is 28.3 Å². The van der Waals surface area contributed by atoms with Gasteiger partial charge in [-0.15, -0.1) is 0 Å². The number of carbonyl (C=O) groups excluding carboxylic acids is 1. The highest BCUT2D eigenvalue weighted by molar-refractivity contribution is 5.80. The molecule has 146 valence electrons. The third-order valence-corrected chi connectivity index (χ3v) is 3.83. The standard InChI is InChI=1S/C19H17F2N3O4/c1-12(28-16-6-4-13(20)11-14(16)21)19(26)22-8-9-24-18(25)7-5-15(23-24)17-3-2-10-27-17/h2-7,10-12H,8-9H2,1H3,(H,22,26). The normalized spacial score (nSPS) is 11.8. The fourth-order valence-corrected chi connectivity index (χ4v) is 2.41. The van der Waals surface area contributed by atoms with Crippen molar-refractivity contribution in [1.82, 2.24) is 15.1 Å². The van der Waals surface area contributed by atoms with Crippen molar-refractivity contribution in [2.45, 2.75) is 19.6 Å². The maximum absolute atomic E-state index is 13.6. The Morgan fingerprint density at radius 1 is 1.29 bits per heavy atom. The Kier molecular flexibility index (Phi) is 5.83. The second kappa shape index (κ2) is 8.47. The summed E-state index contributed by atoms with van der Waals surface area (Å²) in [6, 6.07) is 9.14. The molecule has 1 N–H and O–H groups in total. The molecule has 0 radical (unpaired) electrons. The Balaban J connectivity index is 1.56. The van der Waals surface area contributed by atoms with Crippen LogP contribution in [0.5, 0.6) is 5.75 Å². The van der Waals surface area contributed by atoms with E-state index in [0.29, 0.717) is 17.5 Å². The lowest BCUT2D eigenvalue weighted by atomic mass is 10.3. The molecule has 0 saturated heterocycles. The Labute approximate surface area is 158 Å². The minimum absolute atomic E-state index is 0.104. The Hall–Kier alpha value is -3.49. The zero-order chi connectivity index (χ0) is 20.1. The van der Waals surface area contributed by atoms with E-state index in [9.17, 15) is 18.4 Å². The van der Waals surface area contributed by atoms with Gasteiger partial charge in [0.2, 0.25) is 0 Å². The molecule has 28 heavy (non-hydrogen) atoms. The van der Waals surface area contributed by atoms with E-state index in [2.05, 4.69) is 10.4 Å². The van der Waals surface area contributed by atoms with Crippen LogP contribution < -0.4 is 15.6 Å². The van der Waals surface area contributed by atoms with E-state index >= 15 is 0 Å². The average molecular weight is 389 g/mol. The first-order valence-electron chi connectivity index (χ1n) is 8.45. The van der Waals surface area contributed by atoms with Crippen LogP contribution >= 0.6 is 0 Å². The summed E-state index contributed by atoms with van der Waals surface area (Å²) in [7, 11) is 0. The van der Waals surface area contributed by atoms with Gasteiger partial charge < -0.3 is 14.5 Å². The number of carbonyl (C=O) groups is 1. The number of nitrogens with one attached hydrogen (secondary N) is 1. The predicted octanol–water partition coefficient (Wildman–Crippen LogP) is 2.37. The molecule has 3 aromatic rings. The van der Waals surface area contributed by atoms with Gasteiger partial charge in [-0.2, -0.15) is 5.10 Å². The first-order chi connectivity index (χ1) is 13.4. The van der Waals surface area contributed by atoms with Gasteiger partial charge in [-0.25, -0.2) is 13.5 Å². The van der Waals surface area contributed by atoms with Gasteiger partial charge in [0.25, 0.3) is 11.5 Å². The molecule has 3 rings (SSSR count). The van der Waals surface area contributed by atoms with Gasteiger partial charge in [0.05, 0.1) is 12.8 Å². The SMILES string of the molecule is CC(Oc1ccc(F)cc1F)C(=O)NCCn1nc(-c2ccco2)ccc1=O. The van der Waals surface area contributed by atoms with Gasteiger partial charge in [-0.1, -0.05) is 0 Å². The maximum Gasteiger partial charge on any atom is 0.266 e. The molecular formula is C19H17F2N3O4. The second-order valence-electron chi connectivity index (χ2n) is 5.88. The molecule has 1 unspecified atom stereocenters. The number of aromatic nitrogens is 2. The van der Waals surface area contributed by atoms with Crippen molar-refractivity contribution in [1.29, 1.82) is 0 Å². The quantitative estimate of drug-likeness (QED) is 0.671. The molecule has 9 heteroatoms. The summed E-state index contributed by atoms with van der Waals surface area (Å²) in [5, 5.41) is 6.77. The summed E-state index contributed by atoms with van der Waals surface area (Å²) in [4.78, 5) is 24.0. The molecule has 0 saturated carbocycles. The molecule has 0 spiro atoms. The number of furan rings is 1. The first kappa shape index (κ1) is 19.3. The van der Waals surface area contributed by atoms with Crippen molar-refractivity contribution in [3.8, 4) is 17.2 Å². The van der Waals surface area contributed by atoms with E-state index in [0.717, 1.165) is 12.1 Å². The van der Waals surface area contributed by atoms with Crippen LogP contribution in [0.4, 0.5) is 8.78 Å². The number of hydrogen-bond acceptors (Lipinski definition) is 5. The summed E-state index contributed by atoms with van der Waals surface area (Å²) >= 11 is 0. The highest BCUT2D eigenvalue weighted by Crippen LogP contribution is 2.19. The number of rotatable bonds is 7. The van der Waals surface area contributed by atoms with Crippen molar-refractivity contribution < 1.29 is 22.7 Å². The number of benzene rings is 1.